The number of para-hydroxylation sites is 1. The number of likely N-dealkylation sites (tertiary alicyclic amines) is 1. The van der Waals surface area contributed by atoms with E-state index in [-0.39, 0.29) is 10.3 Å². The summed E-state index contributed by atoms with van der Waals surface area (Å²) in [7, 11) is -3.54. The Hall–Kier alpha value is -1.89. The number of ether oxygens (including phenoxy) is 1. The van der Waals surface area contributed by atoms with Crippen LogP contribution in [0.1, 0.15) is 30.9 Å². The molecular weight excluding hydrogens is 384 g/mol. The summed E-state index contributed by atoms with van der Waals surface area (Å²) >= 11 is 0. The Morgan fingerprint density at radius 2 is 1.72 bits per heavy atom. The largest absolute Gasteiger partial charge is 0.492 e. The highest BCUT2D eigenvalue weighted by Crippen LogP contribution is 2.39. The average molecular weight is 415 g/mol. The number of hydrogen-bond acceptors (Lipinski definition) is 4. The first-order valence-corrected chi connectivity index (χ1v) is 11.9. The van der Waals surface area contributed by atoms with Crippen molar-refractivity contribution in [2.24, 2.45) is 5.41 Å². The molecule has 0 atom stereocenters. The monoisotopic (exact) mass is 414 g/mol. The van der Waals surface area contributed by atoms with Crippen LogP contribution in [0.25, 0.3) is 0 Å². The summed E-state index contributed by atoms with van der Waals surface area (Å²) in [4.78, 5) is 2.76. The molecule has 6 heteroatoms. The average Bonchev–Trinajstić information content (AvgIpc) is 2.73. The van der Waals surface area contributed by atoms with Crippen LogP contribution < -0.4 is 4.74 Å². The fraction of sp³-hybridized carbons (Fsp3) is 0.478. The third-order valence-corrected chi connectivity index (χ3v) is 8.40. The molecule has 1 spiro atoms. The zero-order chi connectivity index (χ0) is 20.5. The molecule has 29 heavy (non-hydrogen) atoms. The number of hydrogen-bond donors (Lipinski definition) is 0. The second-order valence-electron chi connectivity index (χ2n) is 8.37. The molecule has 2 aromatic rings. The normalized spacial score (nSPS) is 21.7. The van der Waals surface area contributed by atoms with Crippen LogP contribution in [0.2, 0.25) is 0 Å². The molecule has 0 amide bonds. The lowest BCUT2D eigenvalue weighted by molar-refractivity contribution is 0.0332. The van der Waals surface area contributed by atoms with Crippen molar-refractivity contribution in [1.82, 2.24) is 9.21 Å². The molecule has 0 radical (unpaired) electrons. The Morgan fingerprint density at radius 1 is 1.03 bits per heavy atom. The quantitative estimate of drug-likeness (QED) is 0.769. The molecule has 0 aliphatic carbocycles. The Morgan fingerprint density at radius 3 is 2.45 bits per heavy atom. The molecule has 0 saturated carbocycles. The number of fused-ring (bicyclic) bond motifs is 1. The van der Waals surface area contributed by atoms with E-state index in [2.05, 4.69) is 36.1 Å². The van der Waals surface area contributed by atoms with E-state index in [0.717, 1.165) is 32.5 Å². The van der Waals surface area contributed by atoms with Crippen LogP contribution in [-0.2, 0) is 16.6 Å². The maximum Gasteiger partial charge on any atom is 0.246 e. The van der Waals surface area contributed by atoms with Crippen LogP contribution in [0.15, 0.2) is 53.4 Å². The Balaban J connectivity index is 1.53. The van der Waals surface area contributed by atoms with E-state index in [9.17, 15) is 8.42 Å². The summed E-state index contributed by atoms with van der Waals surface area (Å²) in [6.45, 7) is 8.50. The van der Waals surface area contributed by atoms with Crippen molar-refractivity contribution in [3.8, 4) is 5.75 Å². The van der Waals surface area contributed by atoms with E-state index in [0.29, 0.717) is 25.4 Å². The van der Waals surface area contributed by atoms with Gasteiger partial charge in [0.1, 0.15) is 10.6 Å². The van der Waals surface area contributed by atoms with E-state index >= 15 is 0 Å². The smallest absolute Gasteiger partial charge is 0.246 e. The van der Waals surface area contributed by atoms with Gasteiger partial charge in [0, 0.05) is 25.0 Å². The Kier molecular flexibility index (Phi) is 5.69. The number of benzene rings is 2. The van der Waals surface area contributed by atoms with E-state index in [1.54, 1.807) is 22.5 Å². The van der Waals surface area contributed by atoms with E-state index in [1.807, 2.05) is 13.0 Å². The fourth-order valence-electron chi connectivity index (χ4n) is 4.46. The van der Waals surface area contributed by atoms with Crippen molar-refractivity contribution in [2.45, 2.75) is 38.1 Å². The minimum Gasteiger partial charge on any atom is -0.492 e. The summed E-state index contributed by atoms with van der Waals surface area (Å²) in [6, 6.07) is 15.5. The maximum absolute atomic E-state index is 13.2. The molecule has 1 saturated heterocycles. The van der Waals surface area contributed by atoms with Crippen LogP contribution in [0, 0.1) is 12.3 Å². The van der Waals surface area contributed by atoms with Gasteiger partial charge in [-0.3, -0.25) is 4.90 Å². The minimum atomic E-state index is -3.54. The topological polar surface area (TPSA) is 49.9 Å². The molecule has 156 valence electrons. The predicted molar refractivity (Wildman–Crippen MR) is 114 cm³/mol. The van der Waals surface area contributed by atoms with Crippen molar-refractivity contribution in [1.29, 1.82) is 0 Å². The summed E-state index contributed by atoms with van der Waals surface area (Å²) in [5.74, 6) is 0.479. The number of nitrogens with zero attached hydrogens (tertiary/aromatic N) is 2. The summed E-state index contributed by atoms with van der Waals surface area (Å²) in [5.41, 5.74) is 2.55. The van der Waals surface area contributed by atoms with Crippen molar-refractivity contribution in [3.63, 3.8) is 0 Å². The summed E-state index contributed by atoms with van der Waals surface area (Å²) in [5, 5.41) is 0. The molecule has 1 fully saturated rings. The fourth-order valence-corrected chi connectivity index (χ4v) is 6.15. The van der Waals surface area contributed by atoms with Gasteiger partial charge in [-0.2, -0.15) is 4.31 Å². The highest BCUT2D eigenvalue weighted by atomic mass is 32.2. The van der Waals surface area contributed by atoms with Crippen LogP contribution in [-0.4, -0.2) is 50.4 Å². The number of sulfonamides is 1. The van der Waals surface area contributed by atoms with Gasteiger partial charge in [-0.1, -0.05) is 43.3 Å². The van der Waals surface area contributed by atoms with Gasteiger partial charge in [0.2, 0.25) is 10.0 Å². The van der Waals surface area contributed by atoms with Crippen molar-refractivity contribution < 1.29 is 13.2 Å². The van der Waals surface area contributed by atoms with Crippen LogP contribution in [0.4, 0.5) is 0 Å². The maximum atomic E-state index is 13.2. The number of rotatable bonds is 3. The molecular formula is C23H30N2O3S. The molecule has 0 N–H and O–H groups in total. The third kappa shape index (κ3) is 4.06. The van der Waals surface area contributed by atoms with Gasteiger partial charge < -0.3 is 4.74 Å². The first-order chi connectivity index (χ1) is 13.9. The Labute approximate surface area is 174 Å². The number of piperidine rings is 1. The summed E-state index contributed by atoms with van der Waals surface area (Å²) in [6.07, 6.45) is 1.88. The lowest BCUT2D eigenvalue weighted by atomic mass is 9.78. The zero-order valence-electron chi connectivity index (χ0n) is 17.3. The summed E-state index contributed by atoms with van der Waals surface area (Å²) < 4.78 is 34.2. The third-order valence-electron chi connectivity index (χ3n) is 6.44. The van der Waals surface area contributed by atoms with E-state index < -0.39 is 10.0 Å². The standard InChI is InChI=1S/C23H30N2O3S/c1-3-25-17-23(18-28-21-10-6-7-11-22(21)29(25,26)27)12-14-24(15-13-23)16-20-9-5-4-8-19(20)2/h4-11H,3,12-18H2,1-2H3. The lowest BCUT2D eigenvalue weighted by Crippen LogP contribution is -2.51. The van der Waals surface area contributed by atoms with Gasteiger partial charge in [0.25, 0.3) is 0 Å². The number of aryl methyl sites for hydroxylation is 1. The van der Waals surface area contributed by atoms with Gasteiger partial charge >= 0.3 is 0 Å². The first kappa shape index (κ1) is 20.4. The van der Waals surface area contributed by atoms with E-state index in [4.69, 9.17) is 4.74 Å². The molecule has 2 heterocycles. The van der Waals surface area contributed by atoms with Gasteiger partial charge in [0.15, 0.2) is 0 Å². The lowest BCUT2D eigenvalue weighted by Gasteiger charge is -2.45. The van der Waals surface area contributed by atoms with Gasteiger partial charge in [-0.15, -0.1) is 0 Å². The molecule has 2 aromatic carbocycles. The van der Waals surface area contributed by atoms with Crippen LogP contribution in [0.3, 0.4) is 0 Å². The molecule has 0 aromatic heterocycles. The highest BCUT2D eigenvalue weighted by Gasteiger charge is 2.42. The van der Waals surface area contributed by atoms with Crippen molar-refractivity contribution >= 4 is 10.0 Å². The molecule has 5 nitrogen and oxygen atoms in total. The van der Waals surface area contributed by atoms with Crippen LogP contribution >= 0.6 is 0 Å². The zero-order valence-corrected chi connectivity index (χ0v) is 18.1. The molecule has 2 aliphatic heterocycles. The van der Waals surface area contributed by atoms with Gasteiger partial charge in [-0.05, 0) is 56.1 Å². The Bertz CT molecular complexity index is 966. The minimum absolute atomic E-state index is 0.140. The van der Waals surface area contributed by atoms with Crippen molar-refractivity contribution in [3.05, 3.63) is 59.7 Å². The second-order valence-corrected chi connectivity index (χ2v) is 10.3. The van der Waals surface area contributed by atoms with Crippen LogP contribution in [0.5, 0.6) is 5.75 Å². The molecule has 4 rings (SSSR count). The van der Waals surface area contributed by atoms with Crippen molar-refractivity contribution in [2.75, 3.05) is 32.8 Å². The SMILES string of the molecule is CCN1CC2(CCN(Cc3ccccc3C)CC2)COc2ccccc2S1(=O)=O. The van der Waals surface area contributed by atoms with E-state index in [1.165, 1.54) is 11.1 Å². The molecule has 0 unspecified atom stereocenters. The van der Waals surface area contributed by atoms with Gasteiger partial charge in [0.05, 0.1) is 6.61 Å². The second kappa shape index (κ2) is 8.09. The highest BCUT2D eigenvalue weighted by molar-refractivity contribution is 7.89. The first-order valence-electron chi connectivity index (χ1n) is 10.4. The van der Waals surface area contributed by atoms with Gasteiger partial charge in [-0.25, -0.2) is 8.42 Å². The predicted octanol–water partition coefficient (Wildman–Crippen LogP) is 3.68. The molecule has 2 aliphatic rings. The molecule has 0 bridgehead atoms.